The molecular formula is C29H33NO11. The maximum Gasteiger partial charge on any atom is 0.407 e. The zero-order valence-electron chi connectivity index (χ0n) is 22.5. The van der Waals surface area contributed by atoms with Gasteiger partial charge in [0.25, 0.3) is 0 Å². The van der Waals surface area contributed by atoms with Gasteiger partial charge in [0, 0.05) is 12.2 Å². The standard InChI is InChI=1S/C29H33NO11/c1-3-26(31)36-15-14-30-29(34)41-25(20-39-23-8-6-5-7-9-23)21-40-24-12-10-22(11-13-24)28(33)38-19-17-35-16-18-37-27(32)4-2/h3-13,25H,1-2,14-21H2,(H,30,34). The van der Waals surface area contributed by atoms with Crippen LogP contribution in [0.4, 0.5) is 4.79 Å². The summed E-state index contributed by atoms with van der Waals surface area (Å²) in [5, 5.41) is 2.48. The molecule has 0 aliphatic heterocycles. The zero-order valence-corrected chi connectivity index (χ0v) is 22.5. The molecule has 1 unspecified atom stereocenters. The predicted molar refractivity (Wildman–Crippen MR) is 146 cm³/mol. The number of hydrogen-bond donors (Lipinski definition) is 1. The lowest BCUT2D eigenvalue weighted by atomic mass is 10.2. The number of alkyl carbamates (subject to hydrolysis) is 1. The molecule has 0 saturated heterocycles. The van der Waals surface area contributed by atoms with Gasteiger partial charge in [-0.15, -0.1) is 0 Å². The maximum absolute atomic E-state index is 12.2. The highest BCUT2D eigenvalue weighted by Crippen LogP contribution is 2.15. The summed E-state index contributed by atoms with van der Waals surface area (Å²) in [5.41, 5.74) is 0.300. The van der Waals surface area contributed by atoms with Crippen LogP contribution >= 0.6 is 0 Å². The number of carbonyl (C=O) groups excluding carboxylic acids is 4. The molecule has 0 saturated carbocycles. The van der Waals surface area contributed by atoms with Crippen molar-refractivity contribution >= 4 is 24.0 Å². The minimum absolute atomic E-state index is 0.00600. The number of rotatable bonds is 19. The summed E-state index contributed by atoms with van der Waals surface area (Å²) in [4.78, 5) is 46.5. The van der Waals surface area contributed by atoms with Crippen LogP contribution in [-0.4, -0.2) is 82.9 Å². The Morgan fingerprint density at radius 2 is 1.27 bits per heavy atom. The van der Waals surface area contributed by atoms with E-state index in [1.165, 1.54) is 12.1 Å². The molecule has 0 radical (unpaired) electrons. The van der Waals surface area contributed by atoms with Gasteiger partial charge in [0.15, 0.2) is 6.10 Å². The lowest BCUT2D eigenvalue weighted by Gasteiger charge is -2.19. The third-order valence-corrected chi connectivity index (χ3v) is 4.86. The molecule has 2 aromatic rings. The smallest absolute Gasteiger partial charge is 0.407 e. The number of hydrogen-bond acceptors (Lipinski definition) is 11. The van der Waals surface area contributed by atoms with Crippen molar-refractivity contribution in [2.75, 3.05) is 52.8 Å². The second-order valence-corrected chi connectivity index (χ2v) is 7.91. The number of nitrogens with one attached hydrogen (secondary N) is 1. The minimum atomic E-state index is -0.795. The fourth-order valence-corrected chi connectivity index (χ4v) is 2.89. The average molecular weight is 572 g/mol. The monoisotopic (exact) mass is 571 g/mol. The lowest BCUT2D eigenvalue weighted by Crippen LogP contribution is -2.37. The van der Waals surface area contributed by atoms with E-state index in [-0.39, 0.29) is 52.8 Å². The van der Waals surface area contributed by atoms with Crippen molar-refractivity contribution in [2.24, 2.45) is 0 Å². The SMILES string of the molecule is C=CC(=O)OCCNC(=O)OC(COc1ccccc1)COc1ccc(C(=O)OCCOCCOC(=O)C=C)cc1. The Labute approximate surface area is 237 Å². The van der Waals surface area contributed by atoms with Crippen molar-refractivity contribution in [1.29, 1.82) is 0 Å². The Hall–Kier alpha value is -4.84. The fraction of sp³-hybridized carbons (Fsp3) is 0.310. The molecule has 0 aliphatic rings. The molecule has 0 aliphatic carbocycles. The molecule has 220 valence electrons. The summed E-state index contributed by atoms with van der Waals surface area (Å²) < 4.78 is 36.8. The highest BCUT2D eigenvalue weighted by Gasteiger charge is 2.17. The largest absolute Gasteiger partial charge is 0.490 e. The van der Waals surface area contributed by atoms with Crippen molar-refractivity contribution < 1.29 is 52.3 Å². The van der Waals surface area contributed by atoms with Crippen LogP contribution in [0.5, 0.6) is 11.5 Å². The second-order valence-electron chi connectivity index (χ2n) is 7.91. The Balaban J connectivity index is 1.79. The quantitative estimate of drug-likeness (QED) is 0.115. The number of carbonyl (C=O) groups is 4. The van der Waals surface area contributed by atoms with E-state index in [0.29, 0.717) is 17.1 Å². The first kappa shape index (κ1) is 32.4. The first-order valence-corrected chi connectivity index (χ1v) is 12.6. The van der Waals surface area contributed by atoms with Gasteiger partial charge in [-0.05, 0) is 36.4 Å². The van der Waals surface area contributed by atoms with E-state index in [9.17, 15) is 19.2 Å². The molecule has 41 heavy (non-hydrogen) atoms. The van der Waals surface area contributed by atoms with Crippen LogP contribution in [0.25, 0.3) is 0 Å². The van der Waals surface area contributed by atoms with E-state index in [0.717, 1.165) is 12.2 Å². The molecule has 12 heteroatoms. The molecule has 0 spiro atoms. The molecule has 2 rings (SSSR count). The Morgan fingerprint density at radius 3 is 1.88 bits per heavy atom. The second kappa shape index (κ2) is 19.3. The summed E-state index contributed by atoms with van der Waals surface area (Å²) in [6.07, 6.45) is 0.536. The van der Waals surface area contributed by atoms with Crippen molar-refractivity contribution in [1.82, 2.24) is 5.32 Å². The first-order chi connectivity index (χ1) is 19.9. The van der Waals surface area contributed by atoms with Crippen molar-refractivity contribution in [3.8, 4) is 11.5 Å². The van der Waals surface area contributed by atoms with E-state index in [1.54, 1.807) is 24.3 Å². The van der Waals surface area contributed by atoms with Crippen LogP contribution in [0.15, 0.2) is 79.9 Å². The third kappa shape index (κ3) is 14.2. The average Bonchev–Trinajstić information content (AvgIpc) is 3.00. The van der Waals surface area contributed by atoms with E-state index in [2.05, 4.69) is 18.5 Å². The van der Waals surface area contributed by atoms with Gasteiger partial charge < -0.3 is 38.5 Å². The topological polar surface area (TPSA) is 145 Å². The minimum Gasteiger partial charge on any atom is -0.490 e. The number of amides is 1. The Morgan fingerprint density at radius 1 is 0.707 bits per heavy atom. The van der Waals surface area contributed by atoms with E-state index < -0.39 is 30.1 Å². The van der Waals surface area contributed by atoms with Crippen molar-refractivity contribution in [2.45, 2.75) is 6.10 Å². The van der Waals surface area contributed by atoms with Gasteiger partial charge in [0.1, 0.15) is 44.5 Å². The Kier molecular flexibility index (Phi) is 15.2. The van der Waals surface area contributed by atoms with Gasteiger partial charge in [-0.25, -0.2) is 19.2 Å². The van der Waals surface area contributed by atoms with Crippen molar-refractivity contribution in [3.05, 3.63) is 85.5 Å². The number of esters is 3. The summed E-state index contributed by atoms with van der Waals surface area (Å²) in [5.74, 6) is -0.684. The zero-order chi connectivity index (χ0) is 29.7. The van der Waals surface area contributed by atoms with Crippen LogP contribution in [0.3, 0.4) is 0 Å². The first-order valence-electron chi connectivity index (χ1n) is 12.6. The molecule has 0 aromatic heterocycles. The number of ether oxygens (including phenoxy) is 7. The molecular weight excluding hydrogens is 538 g/mol. The van der Waals surface area contributed by atoms with Gasteiger partial charge >= 0.3 is 24.0 Å². The van der Waals surface area contributed by atoms with Crippen LogP contribution < -0.4 is 14.8 Å². The normalized spacial score (nSPS) is 10.8. The van der Waals surface area contributed by atoms with Gasteiger partial charge in [-0.2, -0.15) is 0 Å². The Bertz CT molecular complexity index is 1120. The molecule has 0 heterocycles. The summed E-state index contributed by atoms with van der Waals surface area (Å²) >= 11 is 0. The van der Waals surface area contributed by atoms with Crippen LogP contribution in [0.1, 0.15) is 10.4 Å². The van der Waals surface area contributed by atoms with Gasteiger partial charge in [0.05, 0.1) is 25.3 Å². The molecule has 0 fully saturated rings. The number of benzene rings is 2. The fourth-order valence-electron chi connectivity index (χ4n) is 2.89. The molecule has 2 aromatic carbocycles. The molecule has 1 N–H and O–H groups in total. The van der Waals surface area contributed by atoms with Gasteiger partial charge in [-0.3, -0.25) is 0 Å². The number of para-hydroxylation sites is 1. The van der Waals surface area contributed by atoms with E-state index in [1.807, 2.05) is 18.2 Å². The molecule has 1 amide bonds. The van der Waals surface area contributed by atoms with Crippen LogP contribution in [0, 0.1) is 0 Å². The predicted octanol–water partition coefficient (Wildman–Crippen LogP) is 2.87. The van der Waals surface area contributed by atoms with Gasteiger partial charge in [-0.1, -0.05) is 31.4 Å². The molecule has 0 bridgehead atoms. The summed E-state index contributed by atoms with van der Waals surface area (Å²) in [6.45, 7) is 6.93. The van der Waals surface area contributed by atoms with Crippen LogP contribution in [0.2, 0.25) is 0 Å². The summed E-state index contributed by atoms with van der Waals surface area (Å²) in [7, 11) is 0. The summed E-state index contributed by atoms with van der Waals surface area (Å²) in [6, 6.07) is 15.2. The maximum atomic E-state index is 12.2. The van der Waals surface area contributed by atoms with Gasteiger partial charge in [0.2, 0.25) is 0 Å². The third-order valence-electron chi connectivity index (χ3n) is 4.86. The van der Waals surface area contributed by atoms with Crippen molar-refractivity contribution in [3.63, 3.8) is 0 Å². The van der Waals surface area contributed by atoms with E-state index >= 15 is 0 Å². The highest BCUT2D eigenvalue weighted by molar-refractivity contribution is 5.89. The van der Waals surface area contributed by atoms with E-state index in [4.69, 9.17) is 33.2 Å². The molecule has 1 atom stereocenters. The van der Waals surface area contributed by atoms with Crippen LogP contribution in [-0.2, 0) is 33.3 Å². The lowest BCUT2D eigenvalue weighted by molar-refractivity contribution is -0.139. The highest BCUT2D eigenvalue weighted by atomic mass is 16.6. The molecule has 12 nitrogen and oxygen atoms in total.